The number of nitrogens with one attached hydrogen (secondary N) is 1. The maximum atomic E-state index is 12.5. The van der Waals surface area contributed by atoms with Crippen molar-refractivity contribution >= 4 is 15.9 Å². The van der Waals surface area contributed by atoms with Gasteiger partial charge in [0.25, 0.3) is 5.91 Å². The number of carbonyl (C=O) groups is 1. The first-order chi connectivity index (χ1) is 10.8. The molecule has 1 aliphatic rings. The smallest absolute Gasteiger partial charge is 0.254 e. The quantitative estimate of drug-likeness (QED) is 0.827. The molecule has 1 fully saturated rings. The molecule has 1 aliphatic heterocycles. The summed E-state index contributed by atoms with van der Waals surface area (Å²) in [5.41, 5.74) is 0.446. The van der Waals surface area contributed by atoms with Gasteiger partial charge in [0.2, 0.25) is 10.0 Å². The summed E-state index contributed by atoms with van der Waals surface area (Å²) < 4.78 is 31.8. The molecule has 1 heterocycles. The number of nitrogens with zero attached hydrogens (tertiary/aromatic N) is 1. The number of morpholine rings is 1. The largest absolute Gasteiger partial charge is 0.372 e. The lowest BCUT2D eigenvalue weighted by Crippen LogP contribution is -2.48. The van der Waals surface area contributed by atoms with Crippen LogP contribution >= 0.6 is 0 Å². The first kappa shape index (κ1) is 17.5. The van der Waals surface area contributed by atoms with Crippen molar-refractivity contribution in [1.29, 1.82) is 0 Å². The average molecular weight is 336 g/mol. The van der Waals surface area contributed by atoms with Gasteiger partial charge in [0.05, 0.1) is 23.6 Å². The molecule has 2 atom stereocenters. The number of hydrogen-bond donors (Lipinski definition) is 1. The monoisotopic (exact) mass is 336 g/mol. The van der Waals surface area contributed by atoms with E-state index in [0.29, 0.717) is 18.7 Å². The number of benzene rings is 1. The molecular formula is C16H20N2O4S. The molecule has 124 valence electrons. The molecule has 1 aromatic carbocycles. The molecule has 1 aromatic rings. The van der Waals surface area contributed by atoms with Crippen LogP contribution in [0.4, 0.5) is 0 Å². The van der Waals surface area contributed by atoms with E-state index >= 15 is 0 Å². The molecule has 0 aliphatic carbocycles. The van der Waals surface area contributed by atoms with Crippen LogP contribution in [0.1, 0.15) is 24.2 Å². The molecule has 0 bridgehead atoms. The molecule has 23 heavy (non-hydrogen) atoms. The molecule has 0 spiro atoms. The Bertz CT molecular complexity index is 697. The van der Waals surface area contributed by atoms with Crippen LogP contribution in [-0.2, 0) is 14.8 Å². The summed E-state index contributed by atoms with van der Waals surface area (Å²) in [5, 5.41) is 0. The van der Waals surface area contributed by atoms with Gasteiger partial charge in [-0.05, 0) is 38.1 Å². The third kappa shape index (κ3) is 4.32. The lowest BCUT2D eigenvalue weighted by molar-refractivity contribution is -0.0586. The topological polar surface area (TPSA) is 75.7 Å². The zero-order chi connectivity index (χ0) is 17.0. The molecule has 1 saturated heterocycles. The molecule has 7 heteroatoms. The van der Waals surface area contributed by atoms with Crippen molar-refractivity contribution in [3.63, 3.8) is 0 Å². The number of rotatable bonds is 4. The fourth-order valence-electron chi connectivity index (χ4n) is 2.52. The lowest BCUT2D eigenvalue weighted by Gasteiger charge is -2.35. The maximum Gasteiger partial charge on any atom is 0.254 e. The summed E-state index contributed by atoms with van der Waals surface area (Å²) in [4.78, 5) is 14.3. The number of terminal acetylenes is 1. The molecule has 6 nitrogen and oxygen atoms in total. The maximum absolute atomic E-state index is 12.5. The van der Waals surface area contributed by atoms with Crippen molar-refractivity contribution in [2.75, 3.05) is 19.6 Å². The second-order valence-corrected chi connectivity index (χ2v) is 7.29. The highest BCUT2D eigenvalue weighted by atomic mass is 32.2. The fourth-order valence-corrected chi connectivity index (χ4v) is 3.46. The second-order valence-electron chi connectivity index (χ2n) is 5.52. The number of ether oxygens (including phenoxy) is 1. The van der Waals surface area contributed by atoms with Crippen LogP contribution in [-0.4, -0.2) is 51.1 Å². The van der Waals surface area contributed by atoms with Gasteiger partial charge < -0.3 is 9.64 Å². The highest BCUT2D eigenvalue weighted by Crippen LogP contribution is 2.16. The van der Waals surface area contributed by atoms with Gasteiger partial charge in [-0.2, -0.15) is 4.72 Å². The zero-order valence-corrected chi connectivity index (χ0v) is 14.0. The van der Waals surface area contributed by atoms with E-state index in [-0.39, 0.29) is 29.6 Å². The van der Waals surface area contributed by atoms with E-state index in [1.165, 1.54) is 24.3 Å². The minimum atomic E-state index is -3.64. The molecule has 0 unspecified atom stereocenters. The van der Waals surface area contributed by atoms with Gasteiger partial charge >= 0.3 is 0 Å². The molecule has 0 radical (unpaired) electrons. The predicted octanol–water partition coefficient (Wildman–Crippen LogP) is 0.847. The van der Waals surface area contributed by atoms with E-state index in [9.17, 15) is 13.2 Å². The Balaban J connectivity index is 2.13. The Morgan fingerprint density at radius 3 is 2.39 bits per heavy atom. The summed E-state index contributed by atoms with van der Waals surface area (Å²) in [7, 11) is -3.64. The minimum absolute atomic E-state index is 0.0182. The van der Waals surface area contributed by atoms with Crippen molar-refractivity contribution in [3.05, 3.63) is 29.8 Å². The molecule has 0 saturated carbocycles. The Morgan fingerprint density at radius 1 is 1.30 bits per heavy atom. The second kappa shape index (κ2) is 7.13. The SMILES string of the molecule is C#CCNS(=O)(=O)c1ccc(C(=O)N2C[C@@H](C)O[C@H](C)C2)cc1. The Morgan fingerprint density at radius 2 is 1.87 bits per heavy atom. The first-order valence-corrected chi connectivity index (χ1v) is 8.79. The average Bonchev–Trinajstić information content (AvgIpc) is 2.51. The Kier molecular flexibility index (Phi) is 5.42. The summed E-state index contributed by atoms with van der Waals surface area (Å²) in [6, 6.07) is 5.83. The van der Waals surface area contributed by atoms with Gasteiger partial charge in [-0.3, -0.25) is 4.79 Å². The van der Waals surface area contributed by atoms with Gasteiger partial charge in [-0.25, -0.2) is 8.42 Å². The van der Waals surface area contributed by atoms with Gasteiger partial charge in [0.15, 0.2) is 0 Å². The van der Waals surface area contributed by atoms with Crippen molar-refractivity contribution in [2.45, 2.75) is 31.0 Å². The van der Waals surface area contributed by atoms with Crippen LogP contribution in [0.3, 0.4) is 0 Å². The Labute approximate surface area is 136 Å². The van der Waals surface area contributed by atoms with Crippen molar-refractivity contribution in [3.8, 4) is 12.3 Å². The van der Waals surface area contributed by atoms with Crippen LogP contribution in [0.5, 0.6) is 0 Å². The molecular weight excluding hydrogens is 316 g/mol. The number of amides is 1. The highest BCUT2D eigenvalue weighted by molar-refractivity contribution is 7.89. The minimum Gasteiger partial charge on any atom is -0.372 e. The van der Waals surface area contributed by atoms with Crippen LogP contribution in [0.2, 0.25) is 0 Å². The predicted molar refractivity (Wildman–Crippen MR) is 86.4 cm³/mol. The van der Waals surface area contributed by atoms with E-state index in [1.54, 1.807) is 4.90 Å². The van der Waals surface area contributed by atoms with Crippen LogP contribution < -0.4 is 4.72 Å². The standard InChI is InChI=1S/C16H20N2O4S/c1-4-9-17-23(20,21)15-7-5-14(6-8-15)16(19)18-10-12(2)22-13(3)11-18/h1,5-8,12-13,17H,9-11H2,2-3H3/t12-,13-/m1/s1. The molecule has 0 aromatic heterocycles. The Hall–Kier alpha value is -1.88. The lowest BCUT2D eigenvalue weighted by atomic mass is 10.1. The first-order valence-electron chi connectivity index (χ1n) is 7.31. The van der Waals surface area contributed by atoms with Gasteiger partial charge in [-0.15, -0.1) is 6.42 Å². The van der Waals surface area contributed by atoms with Crippen molar-refractivity contribution in [1.82, 2.24) is 9.62 Å². The van der Waals surface area contributed by atoms with Crippen LogP contribution in [0.15, 0.2) is 29.2 Å². The van der Waals surface area contributed by atoms with E-state index in [4.69, 9.17) is 11.2 Å². The van der Waals surface area contributed by atoms with Crippen molar-refractivity contribution in [2.24, 2.45) is 0 Å². The summed E-state index contributed by atoms with van der Waals surface area (Å²) in [5.74, 6) is 2.08. The van der Waals surface area contributed by atoms with Gasteiger partial charge in [0.1, 0.15) is 0 Å². The van der Waals surface area contributed by atoms with E-state index < -0.39 is 10.0 Å². The summed E-state index contributed by atoms with van der Waals surface area (Å²) in [6.45, 7) is 4.80. The fraction of sp³-hybridized carbons (Fsp3) is 0.438. The third-order valence-corrected chi connectivity index (χ3v) is 4.90. The normalized spacial score (nSPS) is 21.7. The van der Waals surface area contributed by atoms with Crippen LogP contribution in [0, 0.1) is 12.3 Å². The van der Waals surface area contributed by atoms with E-state index in [0.717, 1.165) is 0 Å². The van der Waals surface area contributed by atoms with Crippen LogP contribution in [0.25, 0.3) is 0 Å². The van der Waals surface area contributed by atoms with E-state index in [1.807, 2.05) is 13.8 Å². The van der Waals surface area contributed by atoms with E-state index in [2.05, 4.69) is 10.6 Å². The van der Waals surface area contributed by atoms with Gasteiger partial charge in [-0.1, -0.05) is 5.92 Å². The summed E-state index contributed by atoms with van der Waals surface area (Å²) >= 11 is 0. The number of hydrogen-bond acceptors (Lipinski definition) is 4. The highest BCUT2D eigenvalue weighted by Gasteiger charge is 2.26. The zero-order valence-electron chi connectivity index (χ0n) is 13.2. The number of sulfonamides is 1. The molecule has 1 amide bonds. The molecule has 2 rings (SSSR count). The summed E-state index contributed by atoms with van der Waals surface area (Å²) in [6.07, 6.45) is 5.01. The van der Waals surface area contributed by atoms with Gasteiger partial charge in [0, 0.05) is 18.7 Å². The van der Waals surface area contributed by atoms with Crippen molar-refractivity contribution < 1.29 is 17.9 Å². The number of carbonyl (C=O) groups excluding carboxylic acids is 1. The third-order valence-electron chi connectivity index (χ3n) is 3.48. The molecule has 1 N–H and O–H groups in total.